The lowest BCUT2D eigenvalue weighted by Gasteiger charge is -2.43. The largest absolute Gasteiger partial charge is 0.480 e. The fourth-order valence-electron chi connectivity index (χ4n) is 4.10. The number of likely N-dealkylation sites (N-methyl/N-ethyl adjacent to an activating group) is 1. The van der Waals surface area contributed by atoms with Crippen molar-refractivity contribution in [2.24, 2.45) is 5.92 Å². The van der Waals surface area contributed by atoms with Crippen LogP contribution in [0.4, 0.5) is 0 Å². The molecule has 0 spiro atoms. The lowest BCUT2D eigenvalue weighted by atomic mass is 9.84. The molecule has 1 aromatic carbocycles. The van der Waals surface area contributed by atoms with Crippen LogP contribution in [0.1, 0.15) is 43.0 Å². The Bertz CT molecular complexity index is 695. The van der Waals surface area contributed by atoms with E-state index >= 15 is 0 Å². The van der Waals surface area contributed by atoms with Gasteiger partial charge in [0.05, 0.1) is 6.54 Å². The highest BCUT2D eigenvalue weighted by Gasteiger charge is 2.36. The monoisotopic (exact) mass is 387 g/mol. The summed E-state index contributed by atoms with van der Waals surface area (Å²) in [5, 5.41) is 12.1. The zero-order chi connectivity index (χ0) is 20.1. The van der Waals surface area contributed by atoms with Gasteiger partial charge in [-0.2, -0.15) is 0 Å². The molecule has 1 aromatic rings. The molecule has 0 bridgehead atoms. The predicted molar refractivity (Wildman–Crippen MR) is 105 cm³/mol. The summed E-state index contributed by atoms with van der Waals surface area (Å²) in [5.74, 6) is -0.776. The number of amides is 2. The number of carbonyl (C=O) groups excluding carboxylic acids is 2. The lowest BCUT2D eigenvalue weighted by Crippen LogP contribution is -2.56. The Morgan fingerprint density at radius 3 is 2.36 bits per heavy atom. The number of carboxylic acid groups (broad SMARTS) is 1. The second-order valence-electron chi connectivity index (χ2n) is 7.72. The van der Waals surface area contributed by atoms with Crippen LogP contribution < -0.4 is 5.32 Å². The van der Waals surface area contributed by atoms with E-state index in [4.69, 9.17) is 5.11 Å². The van der Waals surface area contributed by atoms with Gasteiger partial charge < -0.3 is 15.3 Å². The minimum absolute atomic E-state index is 0.0272. The Hall–Kier alpha value is -2.41. The molecule has 2 aliphatic rings. The number of carboxylic acids is 1. The van der Waals surface area contributed by atoms with Gasteiger partial charge in [-0.05, 0) is 44.4 Å². The molecule has 1 aliphatic carbocycles. The Morgan fingerprint density at radius 1 is 1.14 bits per heavy atom. The first-order valence-corrected chi connectivity index (χ1v) is 10.1. The van der Waals surface area contributed by atoms with E-state index in [9.17, 15) is 14.4 Å². The predicted octanol–water partition coefficient (Wildman–Crippen LogP) is 1.59. The molecule has 0 radical (unpaired) electrons. The normalized spacial score (nSPS) is 22.6. The van der Waals surface area contributed by atoms with Gasteiger partial charge in [0, 0.05) is 36.7 Å². The van der Waals surface area contributed by atoms with Crippen LogP contribution in [0.15, 0.2) is 30.3 Å². The summed E-state index contributed by atoms with van der Waals surface area (Å²) in [6, 6.07) is 9.60. The molecule has 0 atom stereocenters. The van der Waals surface area contributed by atoms with Crippen molar-refractivity contribution in [3.8, 4) is 0 Å². The number of aliphatic carboxylic acids is 1. The molecule has 2 N–H and O–H groups in total. The molecular formula is C21H29N3O4. The molecule has 28 heavy (non-hydrogen) atoms. The van der Waals surface area contributed by atoms with Crippen LogP contribution in [-0.4, -0.2) is 71.0 Å². The second-order valence-corrected chi connectivity index (χ2v) is 7.72. The lowest BCUT2D eigenvalue weighted by molar-refractivity contribution is -0.140. The van der Waals surface area contributed by atoms with Gasteiger partial charge in [-0.3, -0.25) is 19.3 Å². The number of piperidine rings is 1. The van der Waals surface area contributed by atoms with E-state index in [1.165, 1.54) is 0 Å². The van der Waals surface area contributed by atoms with Crippen LogP contribution in [0.5, 0.6) is 0 Å². The van der Waals surface area contributed by atoms with Crippen LogP contribution >= 0.6 is 0 Å². The molecule has 1 aliphatic heterocycles. The number of benzene rings is 1. The zero-order valence-corrected chi connectivity index (χ0v) is 16.3. The number of nitrogens with one attached hydrogen (secondary N) is 1. The molecule has 152 valence electrons. The zero-order valence-electron chi connectivity index (χ0n) is 16.3. The van der Waals surface area contributed by atoms with Crippen LogP contribution in [0.2, 0.25) is 0 Å². The van der Waals surface area contributed by atoms with Crippen molar-refractivity contribution in [2.45, 2.75) is 44.7 Å². The van der Waals surface area contributed by atoms with E-state index in [0.29, 0.717) is 38.0 Å². The van der Waals surface area contributed by atoms with Gasteiger partial charge in [0.1, 0.15) is 0 Å². The van der Waals surface area contributed by atoms with Gasteiger partial charge >= 0.3 is 5.97 Å². The van der Waals surface area contributed by atoms with Gasteiger partial charge in [0.15, 0.2) is 0 Å². The van der Waals surface area contributed by atoms with Crippen molar-refractivity contribution in [2.75, 3.05) is 26.2 Å². The maximum Gasteiger partial charge on any atom is 0.317 e. The summed E-state index contributed by atoms with van der Waals surface area (Å²) in [6.07, 6.45) is 2.97. The van der Waals surface area contributed by atoms with Crippen LogP contribution in [0, 0.1) is 5.92 Å². The third-order valence-electron chi connectivity index (χ3n) is 5.89. The van der Waals surface area contributed by atoms with Crippen molar-refractivity contribution in [3.05, 3.63) is 35.9 Å². The summed E-state index contributed by atoms with van der Waals surface area (Å²) in [7, 11) is 0. The van der Waals surface area contributed by atoms with E-state index in [1.54, 1.807) is 0 Å². The Balaban J connectivity index is 1.40. The molecule has 7 nitrogen and oxygen atoms in total. The van der Waals surface area contributed by atoms with E-state index in [-0.39, 0.29) is 36.4 Å². The molecule has 3 rings (SSSR count). The number of likely N-dealkylation sites (tertiary alicyclic amines) is 1. The van der Waals surface area contributed by atoms with Crippen molar-refractivity contribution in [3.63, 3.8) is 0 Å². The first-order valence-electron chi connectivity index (χ1n) is 10.1. The van der Waals surface area contributed by atoms with Gasteiger partial charge in [-0.1, -0.05) is 25.1 Å². The fourth-order valence-corrected chi connectivity index (χ4v) is 4.10. The highest BCUT2D eigenvalue weighted by Crippen LogP contribution is 2.27. The molecule has 2 fully saturated rings. The number of hydrogen-bond acceptors (Lipinski definition) is 4. The molecule has 0 unspecified atom stereocenters. The third-order valence-corrected chi connectivity index (χ3v) is 5.89. The molecule has 7 heteroatoms. The van der Waals surface area contributed by atoms with Crippen molar-refractivity contribution >= 4 is 17.8 Å². The SMILES string of the molecule is CCN(CC(=O)O)C1CC(NC(=O)C2CCN(C(=O)c3ccccc3)CC2)C1. The fraction of sp³-hybridized carbons (Fsp3) is 0.571. The number of nitrogens with zero attached hydrogens (tertiary/aromatic N) is 2. The number of carbonyl (C=O) groups is 3. The quantitative estimate of drug-likeness (QED) is 0.742. The molecule has 1 saturated carbocycles. The molecule has 0 aromatic heterocycles. The highest BCUT2D eigenvalue weighted by molar-refractivity contribution is 5.94. The first-order chi connectivity index (χ1) is 13.5. The minimum atomic E-state index is -0.814. The molecule has 1 saturated heterocycles. The van der Waals surface area contributed by atoms with Crippen LogP contribution in [0.25, 0.3) is 0 Å². The van der Waals surface area contributed by atoms with Crippen molar-refractivity contribution in [1.29, 1.82) is 0 Å². The summed E-state index contributed by atoms with van der Waals surface area (Å²) in [6.45, 7) is 3.91. The van der Waals surface area contributed by atoms with E-state index < -0.39 is 5.97 Å². The molecule has 2 amide bonds. The van der Waals surface area contributed by atoms with E-state index in [1.807, 2.05) is 47.1 Å². The van der Waals surface area contributed by atoms with Crippen LogP contribution in [0.3, 0.4) is 0 Å². The van der Waals surface area contributed by atoms with Crippen molar-refractivity contribution in [1.82, 2.24) is 15.1 Å². The average Bonchev–Trinajstić information content (AvgIpc) is 2.68. The first kappa shape index (κ1) is 20.3. The van der Waals surface area contributed by atoms with E-state index in [0.717, 1.165) is 12.8 Å². The van der Waals surface area contributed by atoms with Gasteiger partial charge in [0.2, 0.25) is 5.91 Å². The standard InChI is InChI=1S/C21H29N3O4/c1-2-23(14-19(25)26)18-12-17(13-18)22-20(27)15-8-10-24(11-9-15)21(28)16-6-4-3-5-7-16/h3-7,15,17-18H,2,8-14H2,1H3,(H,22,27)(H,25,26). The summed E-state index contributed by atoms with van der Waals surface area (Å²) in [5.41, 5.74) is 0.688. The van der Waals surface area contributed by atoms with Gasteiger partial charge in [-0.15, -0.1) is 0 Å². The van der Waals surface area contributed by atoms with Crippen molar-refractivity contribution < 1.29 is 19.5 Å². The maximum atomic E-state index is 12.5. The second kappa shape index (κ2) is 9.19. The van der Waals surface area contributed by atoms with Gasteiger partial charge in [0.25, 0.3) is 5.91 Å². The van der Waals surface area contributed by atoms with Crippen LogP contribution in [-0.2, 0) is 9.59 Å². The van der Waals surface area contributed by atoms with Gasteiger partial charge in [-0.25, -0.2) is 0 Å². The topological polar surface area (TPSA) is 90.0 Å². The maximum absolute atomic E-state index is 12.5. The molecule has 1 heterocycles. The summed E-state index contributed by atoms with van der Waals surface area (Å²) >= 11 is 0. The minimum Gasteiger partial charge on any atom is -0.480 e. The smallest absolute Gasteiger partial charge is 0.317 e. The third kappa shape index (κ3) is 4.90. The average molecular weight is 387 g/mol. The van der Waals surface area contributed by atoms with E-state index in [2.05, 4.69) is 5.32 Å². The highest BCUT2D eigenvalue weighted by atomic mass is 16.4. The summed E-state index contributed by atoms with van der Waals surface area (Å²) in [4.78, 5) is 39.7. The Morgan fingerprint density at radius 2 is 1.79 bits per heavy atom. The number of rotatable bonds is 7. The Labute approximate surface area is 165 Å². The molecular weight excluding hydrogens is 358 g/mol. The summed E-state index contributed by atoms with van der Waals surface area (Å²) < 4.78 is 0. The Kier molecular flexibility index (Phi) is 6.67. The number of hydrogen-bond donors (Lipinski definition) is 2.